The first-order chi connectivity index (χ1) is 25.7. The number of carbonyl (C=O) groups excluding carboxylic acids is 3. The average Bonchev–Trinajstić information content (AvgIpc) is 3.10. The Morgan fingerprint density at radius 2 is 1.04 bits per heavy atom. The van der Waals surface area contributed by atoms with Crippen LogP contribution in [0.1, 0.15) is 68.3 Å². The number of rotatable bonds is 22. The molecule has 3 amide bonds. The van der Waals surface area contributed by atoms with Gasteiger partial charge >= 0.3 is 17.9 Å². The van der Waals surface area contributed by atoms with Gasteiger partial charge in [0.25, 0.3) is 5.91 Å². The fourth-order valence-corrected chi connectivity index (χ4v) is 5.96. The van der Waals surface area contributed by atoms with Crippen LogP contribution in [0.15, 0.2) is 24.3 Å². The smallest absolute Gasteiger partial charge is 0.317 e. The van der Waals surface area contributed by atoms with Gasteiger partial charge in [0.2, 0.25) is 11.8 Å². The van der Waals surface area contributed by atoms with Crippen LogP contribution < -0.4 is 21.7 Å². The molecule has 1 aliphatic rings. The molecule has 0 unspecified atom stereocenters. The van der Waals surface area contributed by atoms with Crippen LogP contribution in [0.5, 0.6) is 0 Å². The van der Waals surface area contributed by atoms with E-state index in [0.29, 0.717) is 83.1 Å². The minimum absolute atomic E-state index is 0.00146. The summed E-state index contributed by atoms with van der Waals surface area (Å²) in [5, 5.41) is 36.8. The summed E-state index contributed by atoms with van der Waals surface area (Å²) < 4.78 is 0. The van der Waals surface area contributed by atoms with Gasteiger partial charge in [-0.3, -0.25) is 48.4 Å². The molecule has 0 aliphatic carbocycles. The maximum Gasteiger partial charge on any atom is 0.317 e. The Bertz CT molecular complexity index is 1300. The van der Waals surface area contributed by atoms with Crippen LogP contribution >= 0.6 is 0 Å². The Hall–Kier alpha value is -4.16. The van der Waals surface area contributed by atoms with Crippen LogP contribution in [0.25, 0.3) is 0 Å². The predicted octanol–water partition coefficient (Wildman–Crippen LogP) is -0.0519. The fourth-order valence-electron chi connectivity index (χ4n) is 5.96. The van der Waals surface area contributed by atoms with Gasteiger partial charge in [-0.2, -0.15) is 0 Å². The Balaban J connectivity index is 1.82. The van der Waals surface area contributed by atoms with Gasteiger partial charge in [0.05, 0.1) is 32.2 Å². The minimum atomic E-state index is -1.03. The van der Waals surface area contributed by atoms with Gasteiger partial charge in [-0.25, -0.2) is 0 Å². The van der Waals surface area contributed by atoms with E-state index in [0.717, 1.165) is 24.8 Å². The van der Waals surface area contributed by atoms with Crippen LogP contribution in [0, 0.1) is 5.92 Å². The molecule has 17 heteroatoms. The number of nitrogens with zero attached hydrogens (tertiary/aromatic N) is 4. The van der Waals surface area contributed by atoms with E-state index in [9.17, 15) is 44.1 Å². The highest BCUT2D eigenvalue weighted by molar-refractivity contribution is 5.94. The standard InChI is InChI=1S/C37H62N8O9/c1-28(2)7-3-5-14-40-37(54)31(38)8-4-6-13-39-36(53)30-11-9-29(10-12-30)23-41-32(46)24-42-15-17-43(25-33(47)48)19-21-45(27-35(51)52)22-20-44(18-16-42)26-34(49)50/h9-12,28,31H,3-8,13-27,38H2,1-2H3,(H,39,53)(H,40,54)(H,41,46)(H,47,48)(H,49,50)(H,51,52)/t31-/m1/s1. The van der Waals surface area contributed by atoms with E-state index in [1.165, 1.54) is 0 Å². The number of amides is 3. The summed E-state index contributed by atoms with van der Waals surface area (Å²) >= 11 is 0. The van der Waals surface area contributed by atoms with Crippen molar-refractivity contribution in [3.8, 4) is 0 Å². The van der Waals surface area contributed by atoms with Gasteiger partial charge in [-0.1, -0.05) is 38.8 Å². The molecule has 1 saturated heterocycles. The normalized spacial score (nSPS) is 16.1. The van der Waals surface area contributed by atoms with Crippen molar-refractivity contribution in [2.75, 3.05) is 91.6 Å². The van der Waals surface area contributed by atoms with Gasteiger partial charge in [-0.15, -0.1) is 0 Å². The molecule has 304 valence electrons. The summed E-state index contributed by atoms with van der Waals surface area (Å²) in [5.74, 6) is -3.06. The SMILES string of the molecule is CC(C)CCCCNC(=O)[C@H](N)CCCCNC(=O)c1ccc(CNC(=O)CN2CCN(CC(=O)O)CCN(CC(=O)O)CCN(CC(=O)O)CC2)cc1. The maximum atomic E-state index is 13.0. The summed E-state index contributed by atoms with van der Waals surface area (Å²) in [5.41, 5.74) is 7.28. The van der Waals surface area contributed by atoms with Crippen LogP contribution in [-0.4, -0.2) is 168 Å². The van der Waals surface area contributed by atoms with Gasteiger partial charge in [0.1, 0.15) is 0 Å². The highest BCUT2D eigenvalue weighted by Crippen LogP contribution is 2.07. The second kappa shape index (κ2) is 25.8. The number of carboxylic acid groups (broad SMARTS) is 3. The van der Waals surface area contributed by atoms with Crippen molar-refractivity contribution in [1.29, 1.82) is 0 Å². The lowest BCUT2D eigenvalue weighted by molar-refractivity contribution is -0.140. The first-order valence-electron chi connectivity index (χ1n) is 18.9. The van der Waals surface area contributed by atoms with Crippen LogP contribution in [0.2, 0.25) is 0 Å². The summed E-state index contributed by atoms with van der Waals surface area (Å²) in [6, 6.07) is 6.31. The van der Waals surface area contributed by atoms with Crippen molar-refractivity contribution in [2.24, 2.45) is 11.7 Å². The van der Waals surface area contributed by atoms with Gasteiger partial charge in [-0.05, 0) is 49.3 Å². The number of hydrogen-bond acceptors (Lipinski definition) is 11. The molecule has 1 fully saturated rings. The van der Waals surface area contributed by atoms with E-state index in [1.54, 1.807) is 39.0 Å². The van der Waals surface area contributed by atoms with E-state index < -0.39 is 23.9 Å². The zero-order chi connectivity index (χ0) is 39.9. The Labute approximate surface area is 318 Å². The third-order valence-electron chi connectivity index (χ3n) is 9.15. The van der Waals surface area contributed by atoms with Crippen LogP contribution in [0.3, 0.4) is 0 Å². The number of unbranched alkanes of at least 4 members (excludes halogenated alkanes) is 2. The molecule has 54 heavy (non-hydrogen) atoms. The predicted molar refractivity (Wildman–Crippen MR) is 203 cm³/mol. The molecule has 1 heterocycles. The van der Waals surface area contributed by atoms with E-state index in [-0.39, 0.29) is 63.5 Å². The summed E-state index contributed by atoms with van der Waals surface area (Å²) in [7, 11) is 0. The lowest BCUT2D eigenvalue weighted by Gasteiger charge is -2.32. The molecule has 1 aromatic carbocycles. The molecule has 0 saturated carbocycles. The molecule has 0 spiro atoms. The number of carboxylic acids is 3. The second-order valence-corrected chi connectivity index (χ2v) is 14.3. The maximum absolute atomic E-state index is 13.0. The molecule has 0 bridgehead atoms. The van der Waals surface area contributed by atoms with Crippen LogP contribution in [0.4, 0.5) is 0 Å². The average molecular weight is 763 g/mol. The molecule has 1 aromatic rings. The first-order valence-corrected chi connectivity index (χ1v) is 18.9. The van der Waals surface area contributed by atoms with Crippen molar-refractivity contribution < 1.29 is 44.1 Å². The quantitative estimate of drug-likeness (QED) is 0.0768. The van der Waals surface area contributed by atoms with E-state index in [4.69, 9.17) is 5.73 Å². The summed E-state index contributed by atoms with van der Waals surface area (Å²) in [6.45, 7) is 7.38. The molecule has 0 radical (unpaired) electrons. The van der Waals surface area contributed by atoms with Gasteiger partial charge in [0, 0.05) is 77.6 Å². The van der Waals surface area contributed by atoms with Crippen LogP contribution in [-0.2, 0) is 30.5 Å². The Kier molecular flexibility index (Phi) is 22.0. The number of nitrogens with two attached hydrogens (primary N) is 1. The first kappa shape index (κ1) is 46.0. The lowest BCUT2D eigenvalue weighted by atomic mass is 10.1. The van der Waals surface area contributed by atoms with Crippen molar-refractivity contribution in [1.82, 2.24) is 35.6 Å². The zero-order valence-corrected chi connectivity index (χ0v) is 32.0. The molecular formula is C37H62N8O9. The highest BCUT2D eigenvalue weighted by atomic mass is 16.4. The Morgan fingerprint density at radius 3 is 1.48 bits per heavy atom. The van der Waals surface area contributed by atoms with Crippen molar-refractivity contribution in [3.05, 3.63) is 35.4 Å². The third kappa shape index (κ3) is 20.9. The number of aliphatic carboxylic acids is 3. The molecular weight excluding hydrogens is 700 g/mol. The molecule has 2 rings (SSSR count). The monoisotopic (exact) mass is 762 g/mol. The molecule has 0 aromatic heterocycles. The van der Waals surface area contributed by atoms with Crippen molar-refractivity contribution in [2.45, 2.75) is 65.0 Å². The highest BCUT2D eigenvalue weighted by Gasteiger charge is 2.21. The number of benzene rings is 1. The molecule has 17 nitrogen and oxygen atoms in total. The minimum Gasteiger partial charge on any atom is -0.480 e. The number of nitrogens with one attached hydrogen (secondary N) is 3. The largest absolute Gasteiger partial charge is 0.480 e. The second-order valence-electron chi connectivity index (χ2n) is 14.3. The van der Waals surface area contributed by atoms with E-state index >= 15 is 0 Å². The third-order valence-corrected chi connectivity index (χ3v) is 9.15. The Morgan fingerprint density at radius 1 is 0.611 bits per heavy atom. The fraction of sp³-hybridized carbons (Fsp3) is 0.676. The van der Waals surface area contributed by atoms with E-state index in [1.807, 2.05) is 4.90 Å². The van der Waals surface area contributed by atoms with E-state index in [2.05, 4.69) is 29.8 Å². The number of carbonyl (C=O) groups is 6. The van der Waals surface area contributed by atoms with Gasteiger partial charge in [0.15, 0.2) is 0 Å². The summed E-state index contributed by atoms with van der Waals surface area (Å²) in [4.78, 5) is 79.2. The molecule has 1 aliphatic heterocycles. The summed E-state index contributed by atoms with van der Waals surface area (Å²) in [6.07, 6.45) is 5.07. The zero-order valence-electron chi connectivity index (χ0n) is 32.0. The molecule has 1 atom stereocenters. The topological polar surface area (TPSA) is 238 Å². The lowest BCUT2D eigenvalue weighted by Crippen LogP contribution is -2.49. The number of hydrogen-bond donors (Lipinski definition) is 7. The van der Waals surface area contributed by atoms with Crippen molar-refractivity contribution in [3.63, 3.8) is 0 Å². The van der Waals surface area contributed by atoms with Crippen molar-refractivity contribution >= 4 is 35.6 Å². The molecule has 8 N–H and O–H groups in total. The van der Waals surface area contributed by atoms with Gasteiger partial charge < -0.3 is 37.0 Å².